The zero-order chi connectivity index (χ0) is 25.3. The monoisotopic (exact) mass is 490 g/mol. The molecule has 4 aliphatic heterocycles. The fourth-order valence-electron chi connectivity index (χ4n) is 6.40. The van der Waals surface area contributed by atoms with Crippen molar-refractivity contribution < 1.29 is 28.2 Å². The van der Waals surface area contributed by atoms with Gasteiger partial charge in [-0.2, -0.15) is 0 Å². The lowest BCUT2D eigenvalue weighted by atomic mass is 9.73. The zero-order valence-electron chi connectivity index (χ0n) is 22.1. The SMILES string of the molecule is COc1c2c(cc3c1[C@H](C#C[C@@]1(C)CC[C@@H]4[C@H](O1)c1ccccc1OC4(C)C)[N+](C)(C)CC3)OCO2. The number of nitrogens with zero attached hydrogens (tertiary/aromatic N) is 1. The van der Waals surface area contributed by atoms with Crippen molar-refractivity contribution in [3.8, 4) is 34.8 Å². The van der Waals surface area contributed by atoms with E-state index in [1.807, 2.05) is 12.1 Å². The molecular formula is C30H36NO5+. The summed E-state index contributed by atoms with van der Waals surface area (Å²) >= 11 is 0. The molecular weight excluding hydrogens is 454 g/mol. The molecule has 2 aromatic rings. The number of likely N-dealkylation sites (N-methyl/N-ethyl adjacent to an activating group) is 1. The van der Waals surface area contributed by atoms with Gasteiger partial charge in [-0.25, -0.2) is 0 Å². The number of hydrogen-bond acceptors (Lipinski definition) is 5. The molecule has 0 spiro atoms. The topological polar surface area (TPSA) is 46.2 Å². The molecule has 0 bridgehead atoms. The summed E-state index contributed by atoms with van der Waals surface area (Å²) in [4.78, 5) is 0. The van der Waals surface area contributed by atoms with Crippen LogP contribution in [-0.4, -0.2) is 50.2 Å². The molecule has 6 heteroatoms. The van der Waals surface area contributed by atoms with E-state index in [-0.39, 0.29) is 30.5 Å². The lowest BCUT2D eigenvalue weighted by Crippen LogP contribution is -2.51. The van der Waals surface area contributed by atoms with Crippen LogP contribution in [0.25, 0.3) is 0 Å². The van der Waals surface area contributed by atoms with E-state index in [4.69, 9.17) is 23.7 Å². The Morgan fingerprint density at radius 2 is 1.89 bits per heavy atom. The minimum atomic E-state index is -0.553. The number of ether oxygens (including phenoxy) is 5. The van der Waals surface area contributed by atoms with Crippen LogP contribution in [0.15, 0.2) is 30.3 Å². The maximum Gasteiger partial charge on any atom is 0.231 e. The zero-order valence-corrected chi connectivity index (χ0v) is 22.1. The van der Waals surface area contributed by atoms with Crippen LogP contribution >= 0.6 is 0 Å². The van der Waals surface area contributed by atoms with E-state index in [1.165, 1.54) is 5.56 Å². The molecule has 0 amide bonds. The fourth-order valence-corrected chi connectivity index (χ4v) is 6.40. The van der Waals surface area contributed by atoms with E-state index < -0.39 is 5.60 Å². The Bertz CT molecular complexity index is 1270. The summed E-state index contributed by atoms with van der Waals surface area (Å²) in [7, 11) is 6.18. The average molecular weight is 491 g/mol. The molecule has 4 heterocycles. The van der Waals surface area contributed by atoms with Crippen LogP contribution in [0.2, 0.25) is 0 Å². The van der Waals surface area contributed by atoms with Crippen molar-refractivity contribution in [3.05, 3.63) is 47.0 Å². The maximum absolute atomic E-state index is 6.88. The normalized spacial score (nSPS) is 30.6. The minimum Gasteiger partial charge on any atom is -0.492 e. The molecule has 0 aromatic heterocycles. The molecule has 6 rings (SSSR count). The Balaban J connectivity index is 1.38. The highest BCUT2D eigenvalue weighted by molar-refractivity contribution is 5.62. The Morgan fingerprint density at radius 1 is 1.08 bits per heavy atom. The van der Waals surface area contributed by atoms with E-state index >= 15 is 0 Å². The van der Waals surface area contributed by atoms with Gasteiger partial charge in [-0.05, 0) is 57.2 Å². The van der Waals surface area contributed by atoms with E-state index in [0.717, 1.165) is 58.7 Å². The second-order valence-corrected chi connectivity index (χ2v) is 11.8. The summed E-state index contributed by atoms with van der Waals surface area (Å²) in [5, 5.41) is 0. The summed E-state index contributed by atoms with van der Waals surface area (Å²) < 4.78 is 31.4. The number of methoxy groups -OCH3 is 1. The Labute approximate surface area is 214 Å². The van der Waals surface area contributed by atoms with Crippen LogP contribution in [0.4, 0.5) is 0 Å². The molecule has 1 saturated heterocycles. The molecule has 4 atom stereocenters. The van der Waals surface area contributed by atoms with Crippen molar-refractivity contribution in [2.24, 2.45) is 5.92 Å². The second kappa shape index (κ2) is 8.06. The molecule has 4 aliphatic rings. The Morgan fingerprint density at radius 3 is 2.69 bits per heavy atom. The number of benzene rings is 2. The Hall–Kier alpha value is -2.88. The number of fused-ring (bicyclic) bond motifs is 5. The van der Waals surface area contributed by atoms with Crippen molar-refractivity contribution in [3.63, 3.8) is 0 Å². The smallest absolute Gasteiger partial charge is 0.231 e. The van der Waals surface area contributed by atoms with Crippen molar-refractivity contribution in [2.75, 3.05) is 34.5 Å². The highest BCUT2D eigenvalue weighted by atomic mass is 16.7. The van der Waals surface area contributed by atoms with Gasteiger partial charge in [0.15, 0.2) is 17.5 Å². The molecule has 0 saturated carbocycles. The van der Waals surface area contributed by atoms with Crippen LogP contribution in [0.1, 0.15) is 62.4 Å². The molecule has 0 aliphatic carbocycles. The number of rotatable bonds is 1. The first-order valence-electron chi connectivity index (χ1n) is 12.9. The third kappa shape index (κ3) is 3.64. The number of quaternary nitrogens is 1. The average Bonchev–Trinajstić information content (AvgIpc) is 3.30. The van der Waals surface area contributed by atoms with Crippen molar-refractivity contribution in [2.45, 2.75) is 63.4 Å². The van der Waals surface area contributed by atoms with Gasteiger partial charge < -0.3 is 28.2 Å². The van der Waals surface area contributed by atoms with Gasteiger partial charge in [0, 0.05) is 17.9 Å². The highest BCUT2D eigenvalue weighted by Gasteiger charge is 2.50. The highest BCUT2D eigenvalue weighted by Crippen LogP contribution is 2.53. The predicted molar refractivity (Wildman–Crippen MR) is 136 cm³/mol. The largest absolute Gasteiger partial charge is 0.492 e. The summed E-state index contributed by atoms with van der Waals surface area (Å²) in [6.07, 6.45) is 2.76. The van der Waals surface area contributed by atoms with Gasteiger partial charge in [0.1, 0.15) is 17.0 Å². The third-order valence-corrected chi connectivity index (χ3v) is 8.53. The van der Waals surface area contributed by atoms with Crippen LogP contribution in [0, 0.1) is 17.8 Å². The first-order valence-corrected chi connectivity index (χ1v) is 12.9. The summed E-state index contributed by atoms with van der Waals surface area (Å²) in [6, 6.07) is 10.3. The minimum absolute atomic E-state index is 0.0394. The van der Waals surface area contributed by atoms with Gasteiger partial charge in [-0.15, -0.1) is 0 Å². The number of hydrogen-bond donors (Lipinski definition) is 0. The van der Waals surface area contributed by atoms with Crippen molar-refractivity contribution in [1.82, 2.24) is 0 Å². The third-order valence-electron chi connectivity index (χ3n) is 8.53. The molecule has 190 valence electrons. The number of para-hydroxylation sites is 1. The summed E-state index contributed by atoms with van der Waals surface area (Å²) in [5.41, 5.74) is 2.62. The van der Waals surface area contributed by atoms with E-state index in [1.54, 1.807) is 7.11 Å². The van der Waals surface area contributed by atoms with Gasteiger partial charge in [0.2, 0.25) is 12.5 Å². The van der Waals surface area contributed by atoms with Crippen LogP contribution in [0.5, 0.6) is 23.0 Å². The standard InChI is InChI=1S/C30H36NO5/c1-29(2)21-11-14-30(3,36-26(21)20-9-7-8-10-23(20)35-29)15-12-22-25-19(13-16-31(22,4)5)17-24-27(28(25)32-6)34-18-33-24/h7-10,17,21-22,26H,11,13-14,16,18H2,1-6H3/q+1/t21-,22+,26-,30-/m1/s1. The van der Waals surface area contributed by atoms with Crippen LogP contribution in [-0.2, 0) is 11.2 Å². The van der Waals surface area contributed by atoms with Crippen molar-refractivity contribution in [1.29, 1.82) is 0 Å². The second-order valence-electron chi connectivity index (χ2n) is 11.8. The lowest BCUT2D eigenvalue weighted by molar-refractivity contribution is -0.914. The van der Waals surface area contributed by atoms with Gasteiger partial charge in [-0.3, -0.25) is 0 Å². The molecule has 6 nitrogen and oxygen atoms in total. The van der Waals surface area contributed by atoms with Crippen molar-refractivity contribution >= 4 is 0 Å². The molecule has 2 aromatic carbocycles. The first-order chi connectivity index (χ1) is 17.1. The molecule has 36 heavy (non-hydrogen) atoms. The van der Waals surface area contributed by atoms with Gasteiger partial charge in [0.25, 0.3) is 0 Å². The predicted octanol–water partition coefficient (Wildman–Crippen LogP) is 5.20. The van der Waals surface area contributed by atoms with Crippen LogP contribution in [0.3, 0.4) is 0 Å². The quantitative estimate of drug-likeness (QED) is 0.406. The van der Waals surface area contributed by atoms with E-state index in [2.05, 4.69) is 64.9 Å². The molecule has 0 unspecified atom stereocenters. The van der Waals surface area contributed by atoms with E-state index in [9.17, 15) is 0 Å². The van der Waals surface area contributed by atoms with Gasteiger partial charge in [0.05, 0.1) is 39.4 Å². The molecule has 1 fully saturated rings. The first kappa shape index (κ1) is 23.5. The van der Waals surface area contributed by atoms with Gasteiger partial charge >= 0.3 is 0 Å². The maximum atomic E-state index is 6.88. The molecule has 0 radical (unpaired) electrons. The fraction of sp³-hybridized carbons (Fsp3) is 0.533. The van der Waals surface area contributed by atoms with Crippen LogP contribution < -0.4 is 18.9 Å². The molecule has 0 N–H and O–H groups in total. The Kier molecular flexibility index (Phi) is 5.27. The van der Waals surface area contributed by atoms with E-state index in [0.29, 0.717) is 5.75 Å². The lowest BCUT2D eigenvalue weighted by Gasteiger charge is -2.50. The van der Waals surface area contributed by atoms with Gasteiger partial charge in [-0.1, -0.05) is 24.1 Å². The summed E-state index contributed by atoms with van der Waals surface area (Å²) in [6.45, 7) is 7.69. The summed E-state index contributed by atoms with van der Waals surface area (Å²) in [5.74, 6) is 10.7.